The minimum atomic E-state index is -5.64. The second-order valence-corrected chi connectivity index (χ2v) is 8.66. The molecule has 7 nitrogen and oxygen atoms in total. The molecule has 0 radical (unpaired) electrons. The van der Waals surface area contributed by atoms with Crippen LogP contribution in [0, 0.1) is 0 Å². The summed E-state index contributed by atoms with van der Waals surface area (Å²) < 4.78 is 72.2. The lowest BCUT2D eigenvalue weighted by atomic mass is 9.89. The summed E-state index contributed by atoms with van der Waals surface area (Å²) in [5.41, 5.74) is -6.64. The first-order chi connectivity index (χ1) is 13.9. The number of esters is 1. The number of benzene rings is 2. The van der Waals surface area contributed by atoms with E-state index in [1.165, 1.54) is 14.0 Å². The van der Waals surface area contributed by atoms with Crippen LogP contribution in [0.3, 0.4) is 0 Å². The van der Waals surface area contributed by atoms with Crippen LogP contribution in [0.2, 0.25) is 0 Å². The van der Waals surface area contributed by atoms with Gasteiger partial charge >= 0.3 is 11.5 Å². The van der Waals surface area contributed by atoms with Crippen LogP contribution in [0.1, 0.15) is 22.8 Å². The van der Waals surface area contributed by atoms with Crippen molar-refractivity contribution in [2.24, 2.45) is 0 Å². The fraction of sp³-hybridized carbons (Fsp3) is 0.263. The van der Waals surface area contributed by atoms with Crippen LogP contribution in [-0.2, 0) is 25.8 Å². The third-order valence-electron chi connectivity index (χ3n) is 4.60. The van der Waals surface area contributed by atoms with Gasteiger partial charge in [0.05, 0.1) is 23.3 Å². The second kappa shape index (κ2) is 7.31. The van der Waals surface area contributed by atoms with Crippen molar-refractivity contribution in [1.82, 2.24) is 0 Å². The van der Waals surface area contributed by atoms with Gasteiger partial charge in [0.1, 0.15) is 5.75 Å². The highest BCUT2D eigenvalue weighted by Gasteiger charge is 2.47. The summed E-state index contributed by atoms with van der Waals surface area (Å²) in [5, 5.41) is 2.31. The average molecular weight is 443 g/mol. The van der Waals surface area contributed by atoms with Crippen LogP contribution < -0.4 is 10.1 Å². The van der Waals surface area contributed by atoms with E-state index in [4.69, 9.17) is 9.47 Å². The number of carbonyl (C=O) groups is 2. The highest BCUT2D eigenvalue weighted by molar-refractivity contribution is 7.92. The molecule has 1 aliphatic rings. The van der Waals surface area contributed by atoms with Crippen molar-refractivity contribution >= 4 is 27.4 Å². The molecule has 0 spiro atoms. The first-order valence-corrected chi connectivity index (χ1v) is 9.99. The summed E-state index contributed by atoms with van der Waals surface area (Å²) in [6, 6.07) is 8.86. The van der Waals surface area contributed by atoms with E-state index < -0.39 is 37.7 Å². The van der Waals surface area contributed by atoms with Gasteiger partial charge in [-0.2, -0.15) is 13.2 Å². The number of carbonyl (C=O) groups excluding carboxylic acids is 2. The lowest BCUT2D eigenvalue weighted by Crippen LogP contribution is -2.49. The van der Waals surface area contributed by atoms with E-state index in [-0.39, 0.29) is 17.9 Å². The smallest absolute Gasteiger partial charge is 0.495 e. The Labute approximate surface area is 169 Å². The van der Waals surface area contributed by atoms with E-state index in [9.17, 15) is 31.2 Å². The van der Waals surface area contributed by atoms with Crippen LogP contribution in [-0.4, -0.2) is 38.5 Å². The minimum absolute atomic E-state index is 0.0175. The molecule has 0 bridgehead atoms. The molecule has 1 unspecified atom stereocenters. The summed E-state index contributed by atoms with van der Waals surface area (Å²) in [4.78, 5) is 24.0. The molecule has 2 aromatic carbocycles. The number of fused-ring (bicyclic) bond motifs is 1. The van der Waals surface area contributed by atoms with E-state index in [0.717, 1.165) is 12.1 Å². The zero-order valence-corrected chi connectivity index (χ0v) is 16.6. The Hall–Kier alpha value is -3.08. The summed E-state index contributed by atoms with van der Waals surface area (Å²) in [7, 11) is -4.44. The minimum Gasteiger partial charge on any atom is -0.495 e. The number of halogens is 3. The molecule has 0 saturated carbocycles. The molecule has 160 valence electrons. The molecular formula is C19H16F3NO6S. The molecule has 0 saturated heterocycles. The Kier molecular flexibility index (Phi) is 5.27. The highest BCUT2D eigenvalue weighted by atomic mass is 32.2. The van der Waals surface area contributed by atoms with Crippen LogP contribution in [0.25, 0.3) is 0 Å². The molecule has 0 fully saturated rings. The van der Waals surface area contributed by atoms with E-state index >= 15 is 0 Å². The molecule has 1 heterocycles. The Morgan fingerprint density at radius 2 is 1.87 bits per heavy atom. The second-order valence-electron chi connectivity index (χ2n) is 6.72. The quantitative estimate of drug-likeness (QED) is 0.730. The van der Waals surface area contributed by atoms with Crippen molar-refractivity contribution < 1.29 is 40.7 Å². The Morgan fingerprint density at radius 3 is 2.50 bits per heavy atom. The number of hydrogen-bond donors (Lipinski definition) is 1. The molecule has 11 heteroatoms. The molecule has 30 heavy (non-hydrogen) atoms. The lowest BCUT2D eigenvalue weighted by Gasteiger charge is -2.33. The molecule has 1 amide bonds. The van der Waals surface area contributed by atoms with Gasteiger partial charge in [-0.3, -0.25) is 4.79 Å². The third kappa shape index (κ3) is 3.72. The van der Waals surface area contributed by atoms with Crippen molar-refractivity contribution in [3.63, 3.8) is 0 Å². The average Bonchev–Trinajstić information content (AvgIpc) is 2.67. The first-order valence-electron chi connectivity index (χ1n) is 8.51. The molecule has 1 N–H and O–H groups in total. The standard InChI is InChI=1S/C19H16F3NO6S/c1-18(10-11-5-3-4-6-13(11)16(24)29-18)17(25)23-14-9-12(7-8-15(14)28-2)30(26,27)19(20,21)22/h3-9H,10H2,1-2H3,(H,23,25). The van der Waals surface area contributed by atoms with Gasteiger partial charge in [-0.1, -0.05) is 18.2 Å². The number of amides is 1. The summed E-state index contributed by atoms with van der Waals surface area (Å²) in [6.45, 7) is 1.35. The van der Waals surface area contributed by atoms with Gasteiger partial charge in [0.2, 0.25) is 0 Å². The number of cyclic esters (lactones) is 1. The van der Waals surface area contributed by atoms with Gasteiger partial charge in [0.15, 0.2) is 5.60 Å². The zero-order chi connectivity index (χ0) is 22.3. The topological polar surface area (TPSA) is 98.8 Å². The van der Waals surface area contributed by atoms with Crippen LogP contribution in [0.4, 0.5) is 18.9 Å². The van der Waals surface area contributed by atoms with E-state index in [2.05, 4.69) is 5.32 Å². The number of hydrogen-bond acceptors (Lipinski definition) is 6. The molecule has 2 aromatic rings. The lowest BCUT2D eigenvalue weighted by molar-refractivity contribution is -0.134. The molecule has 1 aliphatic heterocycles. The van der Waals surface area contributed by atoms with E-state index in [1.807, 2.05) is 0 Å². The summed E-state index contributed by atoms with van der Waals surface area (Å²) in [5.74, 6) is -1.66. The maximum absolute atomic E-state index is 12.9. The maximum atomic E-state index is 12.9. The predicted octanol–water partition coefficient (Wildman–Crippen LogP) is 3.10. The van der Waals surface area contributed by atoms with Gasteiger partial charge < -0.3 is 14.8 Å². The molecule has 1 atom stereocenters. The number of anilines is 1. The Balaban J connectivity index is 1.95. The molecular weight excluding hydrogens is 427 g/mol. The molecule has 0 aromatic heterocycles. The van der Waals surface area contributed by atoms with Gasteiger partial charge in [-0.15, -0.1) is 0 Å². The predicted molar refractivity (Wildman–Crippen MR) is 98.8 cm³/mol. The normalized spacial score (nSPS) is 18.9. The highest BCUT2D eigenvalue weighted by Crippen LogP contribution is 2.36. The van der Waals surface area contributed by atoms with E-state index in [1.54, 1.807) is 24.3 Å². The number of rotatable bonds is 4. The number of alkyl halides is 3. The van der Waals surface area contributed by atoms with Crippen molar-refractivity contribution in [3.05, 3.63) is 53.6 Å². The SMILES string of the molecule is COc1ccc(S(=O)(=O)C(F)(F)F)cc1NC(=O)C1(C)Cc2ccccc2C(=O)O1. The van der Waals surface area contributed by atoms with Gasteiger partial charge in [0, 0.05) is 6.42 Å². The largest absolute Gasteiger partial charge is 0.501 e. The Morgan fingerprint density at radius 1 is 1.20 bits per heavy atom. The monoisotopic (exact) mass is 443 g/mol. The fourth-order valence-electron chi connectivity index (χ4n) is 3.00. The molecule has 3 rings (SSSR count). The molecule has 0 aliphatic carbocycles. The van der Waals surface area contributed by atoms with Crippen molar-refractivity contribution in [2.45, 2.75) is 29.3 Å². The van der Waals surface area contributed by atoms with Crippen molar-refractivity contribution in [1.29, 1.82) is 0 Å². The van der Waals surface area contributed by atoms with E-state index in [0.29, 0.717) is 17.2 Å². The van der Waals surface area contributed by atoms with Crippen LogP contribution in [0.5, 0.6) is 5.75 Å². The van der Waals surface area contributed by atoms with Crippen molar-refractivity contribution in [2.75, 3.05) is 12.4 Å². The van der Waals surface area contributed by atoms with Crippen LogP contribution >= 0.6 is 0 Å². The van der Waals surface area contributed by atoms with Crippen molar-refractivity contribution in [3.8, 4) is 5.75 Å². The number of methoxy groups -OCH3 is 1. The van der Waals surface area contributed by atoms with Gasteiger partial charge in [0.25, 0.3) is 15.7 Å². The zero-order valence-electron chi connectivity index (χ0n) is 15.7. The van der Waals surface area contributed by atoms with Crippen LogP contribution in [0.15, 0.2) is 47.4 Å². The third-order valence-corrected chi connectivity index (χ3v) is 6.08. The van der Waals surface area contributed by atoms with Gasteiger partial charge in [-0.05, 0) is 36.8 Å². The summed E-state index contributed by atoms with van der Waals surface area (Å²) >= 11 is 0. The Bertz CT molecular complexity index is 1130. The maximum Gasteiger partial charge on any atom is 0.501 e. The van der Waals surface area contributed by atoms with Gasteiger partial charge in [-0.25, -0.2) is 13.2 Å². The number of sulfone groups is 1. The first kappa shape index (κ1) is 21.6. The number of nitrogens with one attached hydrogen (secondary N) is 1. The fourth-order valence-corrected chi connectivity index (χ4v) is 3.79. The number of ether oxygens (including phenoxy) is 2. The summed E-state index contributed by atoms with van der Waals surface area (Å²) in [6.07, 6.45) is 0.0175.